The van der Waals surface area contributed by atoms with Crippen LogP contribution in [0.15, 0.2) is 52.5 Å². The third kappa shape index (κ3) is 3.86. The van der Waals surface area contributed by atoms with Crippen LogP contribution in [0.2, 0.25) is 0 Å². The van der Waals surface area contributed by atoms with Crippen LogP contribution in [-0.2, 0) is 4.79 Å². The number of phenols is 2. The second kappa shape index (κ2) is 7.04. The second-order valence-electron chi connectivity index (χ2n) is 5.04. The van der Waals surface area contributed by atoms with E-state index >= 15 is 0 Å². The zero-order valence-electron chi connectivity index (χ0n) is 12.6. The number of thioether (sulfide) groups is 1. The Labute approximate surface area is 152 Å². The molecule has 0 unspecified atom stereocenters. The summed E-state index contributed by atoms with van der Waals surface area (Å²) in [6.07, 6.45) is 2.96. The fraction of sp³-hybridized carbons (Fsp3) is 0. The van der Waals surface area contributed by atoms with E-state index in [-0.39, 0.29) is 21.6 Å². The molecule has 0 atom stereocenters. The van der Waals surface area contributed by atoms with Gasteiger partial charge >= 0.3 is 0 Å². The first-order valence-electron chi connectivity index (χ1n) is 7.03. The molecule has 3 rings (SSSR count). The number of carbonyl (C=O) groups is 1. The summed E-state index contributed by atoms with van der Waals surface area (Å²) in [5, 5.41) is 24.0. The number of thiocarbonyl (C=S) groups is 1. The molecule has 0 bridgehead atoms. The first-order valence-corrected chi connectivity index (χ1v) is 8.26. The second-order valence-corrected chi connectivity index (χ2v) is 6.71. The van der Waals surface area contributed by atoms with Gasteiger partial charge in [-0.1, -0.05) is 30.0 Å². The molecule has 0 aliphatic carbocycles. The van der Waals surface area contributed by atoms with Crippen molar-refractivity contribution in [2.24, 2.45) is 5.10 Å². The Morgan fingerprint density at radius 2 is 1.76 bits per heavy atom. The number of hydrazone groups is 1. The molecule has 8 heteroatoms. The standard InChI is InChI=1S/C17H11FN2O3S2/c18-12-4-1-10(2-5-12)9-19-20-16(23)15(25-17(20)24)8-11-3-6-13(21)14(22)7-11/h1-9,21-22H/b15-8+,19-9+. The molecule has 1 aliphatic rings. The number of phenolic OH excluding ortho intramolecular Hbond substituents is 2. The van der Waals surface area contributed by atoms with Crippen molar-refractivity contribution in [1.29, 1.82) is 0 Å². The molecule has 2 aromatic rings. The van der Waals surface area contributed by atoms with E-state index in [0.717, 1.165) is 16.8 Å². The summed E-state index contributed by atoms with van der Waals surface area (Å²) in [7, 11) is 0. The lowest BCUT2D eigenvalue weighted by Gasteiger charge is -2.06. The van der Waals surface area contributed by atoms with Gasteiger partial charge in [0, 0.05) is 0 Å². The Morgan fingerprint density at radius 3 is 2.44 bits per heavy atom. The van der Waals surface area contributed by atoms with Crippen molar-refractivity contribution in [3.05, 3.63) is 64.3 Å². The summed E-state index contributed by atoms with van der Waals surface area (Å²) >= 11 is 6.23. The maximum atomic E-state index is 12.9. The van der Waals surface area contributed by atoms with Gasteiger partial charge in [0.25, 0.3) is 5.91 Å². The van der Waals surface area contributed by atoms with Gasteiger partial charge in [-0.05, 0) is 53.7 Å². The Hall–Kier alpha value is -2.71. The van der Waals surface area contributed by atoms with Crippen molar-refractivity contribution in [1.82, 2.24) is 5.01 Å². The van der Waals surface area contributed by atoms with Crippen LogP contribution in [0.3, 0.4) is 0 Å². The van der Waals surface area contributed by atoms with Crippen LogP contribution < -0.4 is 0 Å². The zero-order chi connectivity index (χ0) is 18.0. The molecule has 0 saturated carbocycles. The number of amides is 1. The Morgan fingerprint density at radius 1 is 1.08 bits per heavy atom. The van der Waals surface area contributed by atoms with Gasteiger partial charge in [-0.3, -0.25) is 4.79 Å². The minimum Gasteiger partial charge on any atom is -0.504 e. The lowest BCUT2D eigenvalue weighted by molar-refractivity contribution is -0.122. The number of nitrogens with zero attached hydrogens (tertiary/aromatic N) is 2. The SMILES string of the molecule is O=C1/C(=C\c2ccc(O)c(O)c2)SC(=S)N1/N=C/c1ccc(F)cc1. The van der Waals surface area contributed by atoms with E-state index in [4.69, 9.17) is 12.2 Å². The molecule has 5 nitrogen and oxygen atoms in total. The van der Waals surface area contributed by atoms with E-state index in [1.165, 1.54) is 42.6 Å². The molecule has 1 aliphatic heterocycles. The van der Waals surface area contributed by atoms with E-state index in [9.17, 15) is 19.4 Å². The summed E-state index contributed by atoms with van der Waals surface area (Å²) in [4.78, 5) is 12.8. The van der Waals surface area contributed by atoms with Crippen LogP contribution >= 0.6 is 24.0 Å². The molecule has 1 amide bonds. The summed E-state index contributed by atoms with van der Waals surface area (Å²) in [6.45, 7) is 0. The van der Waals surface area contributed by atoms with Crippen LogP contribution in [0.5, 0.6) is 11.5 Å². The predicted octanol–water partition coefficient (Wildman–Crippen LogP) is 3.47. The highest BCUT2D eigenvalue weighted by atomic mass is 32.2. The van der Waals surface area contributed by atoms with Crippen molar-refractivity contribution in [2.45, 2.75) is 0 Å². The monoisotopic (exact) mass is 374 g/mol. The lowest BCUT2D eigenvalue weighted by Crippen LogP contribution is -2.22. The summed E-state index contributed by atoms with van der Waals surface area (Å²) in [6, 6.07) is 9.88. The zero-order valence-corrected chi connectivity index (χ0v) is 14.2. The maximum Gasteiger partial charge on any atom is 0.286 e. The Bertz CT molecular complexity index is 911. The van der Waals surface area contributed by atoms with Gasteiger partial charge in [0.1, 0.15) is 5.82 Å². The van der Waals surface area contributed by atoms with Gasteiger partial charge in [0.05, 0.1) is 11.1 Å². The molecule has 126 valence electrons. The van der Waals surface area contributed by atoms with E-state index in [1.807, 2.05) is 0 Å². The van der Waals surface area contributed by atoms with Crippen molar-refractivity contribution in [2.75, 3.05) is 0 Å². The van der Waals surface area contributed by atoms with E-state index < -0.39 is 5.91 Å². The van der Waals surface area contributed by atoms with Gasteiger partial charge in [-0.25, -0.2) is 4.39 Å². The summed E-state index contributed by atoms with van der Waals surface area (Å²) in [5.41, 5.74) is 1.17. The minimum atomic E-state index is -0.402. The number of carbonyl (C=O) groups excluding carboxylic acids is 1. The summed E-state index contributed by atoms with van der Waals surface area (Å²) < 4.78 is 13.2. The highest BCUT2D eigenvalue weighted by Gasteiger charge is 2.32. The molecular formula is C17H11FN2O3S2. The van der Waals surface area contributed by atoms with Crippen LogP contribution in [-0.4, -0.2) is 31.7 Å². The molecule has 25 heavy (non-hydrogen) atoms. The van der Waals surface area contributed by atoms with Gasteiger partial charge in [0.2, 0.25) is 0 Å². The van der Waals surface area contributed by atoms with E-state index in [2.05, 4.69) is 5.10 Å². The fourth-order valence-corrected chi connectivity index (χ4v) is 3.19. The number of hydrogen-bond donors (Lipinski definition) is 2. The average Bonchev–Trinajstić information content (AvgIpc) is 2.84. The normalized spacial score (nSPS) is 16.4. The van der Waals surface area contributed by atoms with Gasteiger partial charge < -0.3 is 10.2 Å². The minimum absolute atomic E-state index is 0.242. The van der Waals surface area contributed by atoms with Crippen molar-refractivity contribution in [3.63, 3.8) is 0 Å². The predicted molar refractivity (Wildman–Crippen MR) is 98.8 cm³/mol. The molecule has 1 saturated heterocycles. The highest BCUT2D eigenvalue weighted by Crippen LogP contribution is 2.34. The first-order chi connectivity index (χ1) is 11.9. The van der Waals surface area contributed by atoms with Crippen LogP contribution in [0.25, 0.3) is 6.08 Å². The Balaban J connectivity index is 1.80. The van der Waals surface area contributed by atoms with Gasteiger partial charge in [0.15, 0.2) is 15.8 Å². The van der Waals surface area contributed by atoms with E-state index in [1.54, 1.807) is 12.1 Å². The fourth-order valence-electron chi connectivity index (χ4n) is 2.01. The number of halogens is 1. The van der Waals surface area contributed by atoms with Crippen molar-refractivity contribution < 1.29 is 19.4 Å². The largest absolute Gasteiger partial charge is 0.504 e. The number of benzene rings is 2. The first kappa shape index (κ1) is 17.1. The van der Waals surface area contributed by atoms with Crippen LogP contribution in [0.4, 0.5) is 4.39 Å². The van der Waals surface area contributed by atoms with Crippen LogP contribution in [0, 0.1) is 5.82 Å². The summed E-state index contributed by atoms with van der Waals surface area (Å²) in [5.74, 6) is -1.28. The lowest BCUT2D eigenvalue weighted by atomic mass is 10.2. The molecular weight excluding hydrogens is 363 g/mol. The number of hydrogen-bond acceptors (Lipinski definition) is 6. The third-order valence-corrected chi connectivity index (χ3v) is 4.55. The van der Waals surface area contributed by atoms with E-state index in [0.29, 0.717) is 16.0 Å². The van der Waals surface area contributed by atoms with Crippen LogP contribution in [0.1, 0.15) is 11.1 Å². The smallest absolute Gasteiger partial charge is 0.286 e. The average molecular weight is 374 g/mol. The molecule has 0 spiro atoms. The number of rotatable bonds is 3. The van der Waals surface area contributed by atoms with Gasteiger partial charge in [-0.2, -0.15) is 10.1 Å². The molecule has 2 N–H and O–H groups in total. The number of aromatic hydroxyl groups is 2. The topological polar surface area (TPSA) is 73.1 Å². The maximum absolute atomic E-state index is 12.9. The van der Waals surface area contributed by atoms with Crippen molar-refractivity contribution in [3.8, 4) is 11.5 Å². The molecule has 1 fully saturated rings. The Kier molecular flexibility index (Phi) is 4.82. The quantitative estimate of drug-likeness (QED) is 0.372. The highest BCUT2D eigenvalue weighted by molar-refractivity contribution is 8.26. The molecule has 2 aromatic carbocycles. The van der Waals surface area contributed by atoms with Gasteiger partial charge in [-0.15, -0.1) is 0 Å². The molecule has 0 aromatic heterocycles. The third-order valence-electron chi connectivity index (χ3n) is 3.26. The molecule has 1 heterocycles. The molecule has 0 radical (unpaired) electrons. The van der Waals surface area contributed by atoms with Crippen molar-refractivity contribution >= 4 is 46.5 Å².